The lowest BCUT2D eigenvalue weighted by molar-refractivity contribution is -0.122. The van der Waals surface area contributed by atoms with Crippen molar-refractivity contribution in [3.63, 3.8) is 0 Å². The second-order valence-corrected chi connectivity index (χ2v) is 6.60. The van der Waals surface area contributed by atoms with Gasteiger partial charge in [0.05, 0.1) is 13.2 Å². The SMILES string of the molecule is O=C(C[C@H]1CCOC1)NCC1(CN2CCOCC2)CC1. The Balaban J connectivity index is 1.37. The fraction of sp³-hybridized carbons (Fsp3) is 0.933. The summed E-state index contributed by atoms with van der Waals surface area (Å²) in [4.78, 5) is 14.4. The van der Waals surface area contributed by atoms with Gasteiger partial charge in [-0.3, -0.25) is 9.69 Å². The molecule has 1 amide bonds. The standard InChI is InChI=1S/C15H26N2O3/c18-14(9-13-1-6-20-10-13)16-11-15(2-3-15)12-17-4-7-19-8-5-17/h13H,1-12H2,(H,16,18)/t13-/m1/s1. The van der Waals surface area contributed by atoms with E-state index in [0.29, 0.717) is 17.8 Å². The van der Waals surface area contributed by atoms with Crippen molar-refractivity contribution in [3.8, 4) is 0 Å². The molecule has 0 radical (unpaired) electrons. The molecule has 114 valence electrons. The summed E-state index contributed by atoms with van der Waals surface area (Å²) < 4.78 is 10.7. The van der Waals surface area contributed by atoms with Crippen LogP contribution >= 0.6 is 0 Å². The molecule has 2 aliphatic heterocycles. The molecule has 3 fully saturated rings. The summed E-state index contributed by atoms with van der Waals surface area (Å²) in [5, 5.41) is 3.15. The first-order valence-corrected chi connectivity index (χ1v) is 7.90. The molecular weight excluding hydrogens is 256 g/mol. The predicted octanol–water partition coefficient (Wildman–Crippen LogP) is 0.642. The maximum absolute atomic E-state index is 12.0. The minimum absolute atomic E-state index is 0.203. The Hall–Kier alpha value is -0.650. The van der Waals surface area contributed by atoms with E-state index < -0.39 is 0 Å². The number of rotatable bonds is 6. The van der Waals surface area contributed by atoms with Gasteiger partial charge in [-0.1, -0.05) is 0 Å². The van der Waals surface area contributed by atoms with E-state index in [1.807, 2.05) is 0 Å². The maximum Gasteiger partial charge on any atom is 0.220 e. The largest absolute Gasteiger partial charge is 0.381 e. The summed E-state index contributed by atoms with van der Waals surface area (Å²) >= 11 is 0. The van der Waals surface area contributed by atoms with E-state index in [9.17, 15) is 4.79 Å². The van der Waals surface area contributed by atoms with Crippen molar-refractivity contribution < 1.29 is 14.3 Å². The monoisotopic (exact) mass is 282 g/mol. The molecule has 2 heterocycles. The molecule has 0 aromatic heterocycles. The van der Waals surface area contributed by atoms with Crippen LogP contribution in [0.5, 0.6) is 0 Å². The number of ether oxygens (including phenoxy) is 2. The quantitative estimate of drug-likeness (QED) is 0.777. The van der Waals surface area contributed by atoms with E-state index >= 15 is 0 Å². The zero-order valence-corrected chi connectivity index (χ0v) is 12.2. The zero-order valence-electron chi connectivity index (χ0n) is 12.2. The third kappa shape index (κ3) is 3.93. The number of hydrogen-bond acceptors (Lipinski definition) is 4. The lowest BCUT2D eigenvalue weighted by Crippen LogP contribution is -2.43. The van der Waals surface area contributed by atoms with E-state index in [-0.39, 0.29) is 5.91 Å². The van der Waals surface area contributed by atoms with E-state index in [0.717, 1.165) is 59.0 Å². The van der Waals surface area contributed by atoms with Crippen LogP contribution in [0.15, 0.2) is 0 Å². The summed E-state index contributed by atoms with van der Waals surface area (Å²) in [7, 11) is 0. The van der Waals surface area contributed by atoms with Crippen LogP contribution in [-0.4, -0.2) is 63.4 Å². The highest BCUT2D eigenvalue weighted by Crippen LogP contribution is 2.45. The van der Waals surface area contributed by atoms with Gasteiger partial charge < -0.3 is 14.8 Å². The van der Waals surface area contributed by atoms with Gasteiger partial charge in [0.25, 0.3) is 0 Å². The zero-order chi connectivity index (χ0) is 13.8. The highest BCUT2D eigenvalue weighted by molar-refractivity contribution is 5.76. The van der Waals surface area contributed by atoms with Crippen molar-refractivity contribution in [1.82, 2.24) is 10.2 Å². The molecule has 3 rings (SSSR count). The number of carbonyl (C=O) groups is 1. The number of morpholine rings is 1. The van der Waals surface area contributed by atoms with Gasteiger partial charge >= 0.3 is 0 Å². The smallest absolute Gasteiger partial charge is 0.220 e. The van der Waals surface area contributed by atoms with Gasteiger partial charge in [0.15, 0.2) is 0 Å². The molecule has 0 aromatic carbocycles. The van der Waals surface area contributed by atoms with Gasteiger partial charge in [-0.15, -0.1) is 0 Å². The molecule has 1 N–H and O–H groups in total. The average Bonchev–Trinajstić information content (AvgIpc) is 3.03. The van der Waals surface area contributed by atoms with Crippen LogP contribution in [0.3, 0.4) is 0 Å². The van der Waals surface area contributed by atoms with E-state index in [2.05, 4.69) is 10.2 Å². The molecule has 1 atom stereocenters. The summed E-state index contributed by atoms with van der Waals surface area (Å²) in [6.07, 6.45) is 4.16. The number of hydrogen-bond donors (Lipinski definition) is 1. The molecule has 2 saturated heterocycles. The Morgan fingerprint density at radius 1 is 1.20 bits per heavy atom. The predicted molar refractivity (Wildman–Crippen MR) is 75.5 cm³/mol. The average molecular weight is 282 g/mol. The topological polar surface area (TPSA) is 50.8 Å². The van der Waals surface area contributed by atoms with Crippen LogP contribution in [0.2, 0.25) is 0 Å². The van der Waals surface area contributed by atoms with E-state index in [1.54, 1.807) is 0 Å². The van der Waals surface area contributed by atoms with Crippen molar-refractivity contribution >= 4 is 5.91 Å². The number of nitrogens with one attached hydrogen (secondary N) is 1. The van der Waals surface area contributed by atoms with Crippen LogP contribution in [-0.2, 0) is 14.3 Å². The van der Waals surface area contributed by atoms with Crippen molar-refractivity contribution in [2.45, 2.75) is 25.7 Å². The summed E-state index contributed by atoms with van der Waals surface area (Å²) in [5.41, 5.74) is 0.346. The number of amides is 1. The second kappa shape index (κ2) is 6.41. The molecule has 5 heteroatoms. The van der Waals surface area contributed by atoms with Crippen molar-refractivity contribution in [2.75, 3.05) is 52.6 Å². The molecule has 1 saturated carbocycles. The second-order valence-electron chi connectivity index (χ2n) is 6.60. The van der Waals surface area contributed by atoms with Gasteiger partial charge in [0.1, 0.15) is 0 Å². The van der Waals surface area contributed by atoms with Crippen LogP contribution < -0.4 is 5.32 Å². The number of carbonyl (C=O) groups excluding carboxylic acids is 1. The van der Waals surface area contributed by atoms with Gasteiger partial charge in [-0.25, -0.2) is 0 Å². The van der Waals surface area contributed by atoms with Gasteiger partial charge in [0.2, 0.25) is 5.91 Å². The highest BCUT2D eigenvalue weighted by atomic mass is 16.5. The Labute approximate surface area is 121 Å². The lowest BCUT2D eigenvalue weighted by atomic mass is 10.0. The van der Waals surface area contributed by atoms with Crippen LogP contribution in [0.1, 0.15) is 25.7 Å². The normalized spacial score (nSPS) is 29.3. The minimum Gasteiger partial charge on any atom is -0.381 e. The third-order valence-corrected chi connectivity index (χ3v) is 4.78. The summed E-state index contributed by atoms with van der Waals surface area (Å²) in [6.45, 7) is 7.31. The van der Waals surface area contributed by atoms with Crippen LogP contribution in [0, 0.1) is 11.3 Å². The molecule has 1 aliphatic carbocycles. The minimum atomic E-state index is 0.203. The van der Waals surface area contributed by atoms with E-state index in [4.69, 9.17) is 9.47 Å². The fourth-order valence-corrected chi connectivity index (χ4v) is 3.17. The molecule has 0 unspecified atom stereocenters. The molecule has 20 heavy (non-hydrogen) atoms. The van der Waals surface area contributed by atoms with Crippen LogP contribution in [0.4, 0.5) is 0 Å². The van der Waals surface area contributed by atoms with Gasteiger partial charge in [0, 0.05) is 51.2 Å². The lowest BCUT2D eigenvalue weighted by Gasteiger charge is -2.30. The van der Waals surface area contributed by atoms with Gasteiger partial charge in [-0.05, 0) is 25.2 Å². The first-order valence-electron chi connectivity index (χ1n) is 7.90. The summed E-state index contributed by atoms with van der Waals surface area (Å²) in [5.74, 6) is 0.637. The first kappa shape index (κ1) is 14.3. The Morgan fingerprint density at radius 3 is 2.65 bits per heavy atom. The molecule has 0 spiro atoms. The van der Waals surface area contributed by atoms with Crippen molar-refractivity contribution in [2.24, 2.45) is 11.3 Å². The summed E-state index contributed by atoms with van der Waals surface area (Å²) in [6, 6.07) is 0. The number of nitrogens with zero attached hydrogens (tertiary/aromatic N) is 1. The molecule has 0 bridgehead atoms. The first-order chi connectivity index (χ1) is 9.76. The molecule has 3 aliphatic rings. The molecule has 0 aromatic rings. The third-order valence-electron chi connectivity index (χ3n) is 4.78. The van der Waals surface area contributed by atoms with Crippen molar-refractivity contribution in [1.29, 1.82) is 0 Å². The molecular formula is C15H26N2O3. The Morgan fingerprint density at radius 2 is 2.00 bits per heavy atom. The Bertz CT molecular complexity index is 332. The van der Waals surface area contributed by atoms with Crippen molar-refractivity contribution in [3.05, 3.63) is 0 Å². The van der Waals surface area contributed by atoms with Crippen LogP contribution in [0.25, 0.3) is 0 Å². The van der Waals surface area contributed by atoms with E-state index in [1.165, 1.54) is 12.8 Å². The van der Waals surface area contributed by atoms with Gasteiger partial charge in [-0.2, -0.15) is 0 Å². The Kier molecular flexibility index (Phi) is 4.58. The highest BCUT2D eigenvalue weighted by Gasteiger charge is 2.44. The maximum atomic E-state index is 12.0. The molecule has 5 nitrogen and oxygen atoms in total. The fourth-order valence-electron chi connectivity index (χ4n) is 3.17.